The molecule has 1 unspecified atom stereocenters. The van der Waals surface area contributed by atoms with Crippen LogP contribution in [0.5, 0.6) is 0 Å². The summed E-state index contributed by atoms with van der Waals surface area (Å²) in [5, 5.41) is 4.02. The molecule has 2 aliphatic heterocycles. The molecule has 0 saturated carbocycles. The Balaban J connectivity index is 1.71. The van der Waals surface area contributed by atoms with E-state index in [1.54, 1.807) is 11.8 Å². The van der Waals surface area contributed by atoms with Crippen molar-refractivity contribution in [2.45, 2.75) is 25.5 Å². The van der Waals surface area contributed by atoms with Crippen molar-refractivity contribution in [1.29, 1.82) is 0 Å². The van der Waals surface area contributed by atoms with Crippen LogP contribution in [0.15, 0.2) is 41.9 Å². The summed E-state index contributed by atoms with van der Waals surface area (Å²) in [5.74, 6) is 0.902. The molecule has 18 heavy (non-hydrogen) atoms. The first-order chi connectivity index (χ1) is 8.93. The van der Waals surface area contributed by atoms with Crippen molar-refractivity contribution < 1.29 is 4.84 Å². The lowest BCUT2D eigenvalue weighted by atomic mass is 10.1. The van der Waals surface area contributed by atoms with Gasteiger partial charge in [0.15, 0.2) is 6.23 Å². The van der Waals surface area contributed by atoms with Crippen LogP contribution in [0.3, 0.4) is 0 Å². The number of piperidine rings is 1. The Morgan fingerprint density at radius 1 is 1.17 bits per heavy atom. The minimum Gasteiger partial charge on any atom is -0.344 e. The van der Waals surface area contributed by atoms with E-state index in [2.05, 4.69) is 40.6 Å². The fraction of sp³-hybridized carbons (Fsp3) is 0.429. The summed E-state index contributed by atoms with van der Waals surface area (Å²) >= 11 is 1.77. The fourth-order valence-electron chi connectivity index (χ4n) is 2.42. The second-order valence-corrected chi connectivity index (χ2v) is 5.45. The molecule has 1 aromatic carbocycles. The SMILES string of the molecule is C1=CN(OC2CCCCN2c2ccccc2)CS1. The molecule has 2 heterocycles. The van der Waals surface area contributed by atoms with Gasteiger partial charge in [0.1, 0.15) is 0 Å². The van der Waals surface area contributed by atoms with E-state index in [0.29, 0.717) is 0 Å². The Morgan fingerprint density at radius 3 is 2.83 bits per heavy atom. The predicted octanol–water partition coefficient (Wildman–Crippen LogP) is 3.41. The molecule has 0 aromatic heterocycles. The average molecular weight is 262 g/mol. The summed E-state index contributed by atoms with van der Waals surface area (Å²) < 4.78 is 0. The van der Waals surface area contributed by atoms with Gasteiger partial charge >= 0.3 is 0 Å². The minimum absolute atomic E-state index is 0.171. The van der Waals surface area contributed by atoms with Crippen molar-refractivity contribution in [3.8, 4) is 0 Å². The number of hydroxylamine groups is 2. The summed E-state index contributed by atoms with van der Waals surface area (Å²) in [7, 11) is 0. The van der Waals surface area contributed by atoms with E-state index in [1.807, 2.05) is 11.3 Å². The van der Waals surface area contributed by atoms with Crippen LogP contribution in [0.2, 0.25) is 0 Å². The zero-order valence-electron chi connectivity index (χ0n) is 10.4. The zero-order valence-corrected chi connectivity index (χ0v) is 11.2. The second-order valence-electron chi connectivity index (χ2n) is 4.58. The quantitative estimate of drug-likeness (QED) is 0.829. The first kappa shape index (κ1) is 11.9. The van der Waals surface area contributed by atoms with Gasteiger partial charge in [-0.3, -0.25) is 0 Å². The van der Waals surface area contributed by atoms with Crippen molar-refractivity contribution >= 4 is 17.4 Å². The van der Waals surface area contributed by atoms with Crippen LogP contribution in [0.4, 0.5) is 5.69 Å². The van der Waals surface area contributed by atoms with Crippen molar-refractivity contribution in [1.82, 2.24) is 5.06 Å². The van der Waals surface area contributed by atoms with Gasteiger partial charge in [0.05, 0.1) is 5.88 Å². The van der Waals surface area contributed by atoms with E-state index < -0.39 is 0 Å². The fourth-order valence-corrected chi connectivity index (χ4v) is 3.02. The van der Waals surface area contributed by atoms with Crippen LogP contribution < -0.4 is 4.90 Å². The number of nitrogens with zero attached hydrogens (tertiary/aromatic N) is 2. The maximum atomic E-state index is 6.07. The van der Waals surface area contributed by atoms with E-state index in [1.165, 1.54) is 18.5 Å². The van der Waals surface area contributed by atoms with Crippen molar-refractivity contribution in [3.05, 3.63) is 41.9 Å². The molecule has 1 aromatic rings. The second kappa shape index (κ2) is 5.67. The van der Waals surface area contributed by atoms with Crippen molar-refractivity contribution in [3.63, 3.8) is 0 Å². The molecule has 2 aliphatic rings. The van der Waals surface area contributed by atoms with Gasteiger partial charge in [-0.2, -0.15) is 0 Å². The molecule has 3 rings (SSSR count). The number of benzene rings is 1. The lowest BCUT2D eigenvalue weighted by molar-refractivity contribution is -0.156. The van der Waals surface area contributed by atoms with Gasteiger partial charge in [-0.05, 0) is 36.8 Å². The monoisotopic (exact) mass is 262 g/mol. The van der Waals surface area contributed by atoms with Gasteiger partial charge in [-0.15, -0.1) is 11.8 Å². The Morgan fingerprint density at radius 2 is 2.06 bits per heavy atom. The predicted molar refractivity (Wildman–Crippen MR) is 75.9 cm³/mol. The third-order valence-corrected chi connectivity index (χ3v) is 4.04. The Hall–Kier alpha value is -1.13. The van der Waals surface area contributed by atoms with Gasteiger partial charge in [-0.25, -0.2) is 9.90 Å². The van der Waals surface area contributed by atoms with E-state index >= 15 is 0 Å². The number of hydrogen-bond acceptors (Lipinski definition) is 4. The molecule has 0 bridgehead atoms. The smallest absolute Gasteiger partial charge is 0.157 e. The van der Waals surface area contributed by atoms with Gasteiger partial charge in [0, 0.05) is 18.4 Å². The van der Waals surface area contributed by atoms with Crippen molar-refractivity contribution in [2.75, 3.05) is 17.3 Å². The maximum Gasteiger partial charge on any atom is 0.157 e. The molecular weight excluding hydrogens is 244 g/mol. The summed E-state index contributed by atoms with van der Waals surface area (Å²) in [4.78, 5) is 8.45. The maximum absolute atomic E-state index is 6.07. The normalized spacial score (nSPS) is 23.7. The highest BCUT2D eigenvalue weighted by Crippen LogP contribution is 2.27. The lowest BCUT2D eigenvalue weighted by Crippen LogP contribution is -2.44. The van der Waals surface area contributed by atoms with Crippen LogP contribution in [0, 0.1) is 0 Å². The Bertz CT molecular complexity index is 410. The average Bonchev–Trinajstić information content (AvgIpc) is 2.93. The molecule has 0 radical (unpaired) electrons. The third-order valence-electron chi connectivity index (χ3n) is 3.32. The number of hydrogen-bond donors (Lipinski definition) is 0. The first-order valence-electron chi connectivity index (χ1n) is 6.47. The van der Waals surface area contributed by atoms with E-state index in [0.717, 1.165) is 18.8 Å². The van der Waals surface area contributed by atoms with Gasteiger partial charge < -0.3 is 4.90 Å². The molecular formula is C14H18N2OS. The van der Waals surface area contributed by atoms with E-state index in [4.69, 9.17) is 4.84 Å². The van der Waals surface area contributed by atoms with E-state index in [-0.39, 0.29) is 6.23 Å². The van der Waals surface area contributed by atoms with Crippen LogP contribution in [-0.2, 0) is 4.84 Å². The Kier molecular flexibility index (Phi) is 3.76. The number of rotatable bonds is 3. The highest BCUT2D eigenvalue weighted by Gasteiger charge is 2.25. The topological polar surface area (TPSA) is 15.7 Å². The van der Waals surface area contributed by atoms with Gasteiger partial charge in [0.25, 0.3) is 0 Å². The highest BCUT2D eigenvalue weighted by molar-refractivity contribution is 8.02. The van der Waals surface area contributed by atoms with Crippen LogP contribution in [0.25, 0.3) is 0 Å². The molecule has 0 amide bonds. The standard InChI is InChI=1S/C14H18N2OS/c1-2-6-13(7-3-1)16-9-5-4-8-14(16)17-15-10-11-18-12-15/h1-3,6-7,10-11,14H,4-5,8-9,12H2. The molecule has 4 heteroatoms. The van der Waals surface area contributed by atoms with Crippen LogP contribution in [-0.4, -0.2) is 23.7 Å². The molecule has 96 valence electrons. The summed E-state index contributed by atoms with van der Waals surface area (Å²) in [6.45, 7) is 1.08. The molecule has 1 fully saturated rings. The lowest BCUT2D eigenvalue weighted by Gasteiger charge is -2.38. The Labute approximate surface area is 112 Å². The van der Waals surface area contributed by atoms with Crippen LogP contribution >= 0.6 is 11.8 Å². The zero-order chi connectivity index (χ0) is 12.2. The summed E-state index contributed by atoms with van der Waals surface area (Å²) in [6, 6.07) is 10.6. The number of thioether (sulfide) groups is 1. The minimum atomic E-state index is 0.171. The molecule has 0 aliphatic carbocycles. The van der Waals surface area contributed by atoms with Gasteiger partial charge in [0.2, 0.25) is 0 Å². The molecule has 0 N–H and O–H groups in total. The summed E-state index contributed by atoms with van der Waals surface area (Å²) in [5.41, 5.74) is 1.26. The van der Waals surface area contributed by atoms with E-state index in [9.17, 15) is 0 Å². The molecule has 3 nitrogen and oxygen atoms in total. The number of para-hydroxylation sites is 1. The summed E-state index contributed by atoms with van der Waals surface area (Å²) in [6.07, 6.45) is 5.79. The molecule has 1 saturated heterocycles. The van der Waals surface area contributed by atoms with Crippen LogP contribution in [0.1, 0.15) is 19.3 Å². The largest absolute Gasteiger partial charge is 0.344 e. The van der Waals surface area contributed by atoms with Crippen molar-refractivity contribution in [2.24, 2.45) is 0 Å². The van der Waals surface area contributed by atoms with Gasteiger partial charge in [-0.1, -0.05) is 18.2 Å². The third kappa shape index (κ3) is 2.65. The first-order valence-corrected chi connectivity index (χ1v) is 7.52. The molecule has 0 spiro atoms. The number of anilines is 1. The molecule has 1 atom stereocenters. The highest BCUT2D eigenvalue weighted by atomic mass is 32.2.